The third kappa shape index (κ3) is 7.97. The minimum atomic E-state index is 0.416. The molecule has 1 aliphatic carbocycles. The van der Waals surface area contributed by atoms with Crippen molar-refractivity contribution < 1.29 is 0 Å². The Morgan fingerprint density at radius 1 is 0.656 bits per heavy atom. The van der Waals surface area contributed by atoms with Gasteiger partial charge in [-0.2, -0.15) is 0 Å². The monoisotopic (exact) mass is 795 g/mol. The van der Waals surface area contributed by atoms with Gasteiger partial charge in [0.05, 0.1) is 11.0 Å². The molecule has 0 saturated carbocycles. The molecule has 3 nitrogen and oxygen atoms in total. The van der Waals surface area contributed by atoms with Crippen molar-refractivity contribution >= 4 is 49.3 Å². The van der Waals surface area contributed by atoms with Gasteiger partial charge in [0, 0.05) is 61.3 Å². The Bertz CT molecular complexity index is 3030. The fraction of sp³-hybridized carbons (Fsp3) is 0.172. The lowest BCUT2D eigenvalue weighted by Gasteiger charge is -2.26. The summed E-state index contributed by atoms with van der Waals surface area (Å²) in [5, 5.41) is 5.05. The van der Waals surface area contributed by atoms with E-state index in [0.717, 1.165) is 6.42 Å². The molecule has 0 radical (unpaired) electrons. The summed E-state index contributed by atoms with van der Waals surface area (Å²) in [4.78, 5) is 6.14. The molecule has 1 unspecified atom stereocenters. The highest BCUT2D eigenvalue weighted by atomic mass is 15.2. The summed E-state index contributed by atoms with van der Waals surface area (Å²) in [7, 11) is 0. The van der Waals surface area contributed by atoms with E-state index in [1.165, 1.54) is 113 Å². The van der Waals surface area contributed by atoms with E-state index >= 15 is 0 Å². The molecule has 0 spiro atoms. The number of aromatic amines is 1. The summed E-state index contributed by atoms with van der Waals surface area (Å²) in [5.74, 6) is 0.416. The summed E-state index contributed by atoms with van der Waals surface area (Å²) in [6.45, 7) is 15.6. The van der Waals surface area contributed by atoms with Crippen molar-refractivity contribution in [3.8, 4) is 27.9 Å². The Morgan fingerprint density at radius 2 is 1.26 bits per heavy atom. The molecule has 3 heterocycles. The third-order valence-electron chi connectivity index (χ3n) is 11.9. The van der Waals surface area contributed by atoms with Crippen LogP contribution in [0.25, 0.3) is 71.6 Å². The molecule has 0 fully saturated rings. The number of allylic oxidation sites excluding steroid dienone is 10. The predicted octanol–water partition coefficient (Wildman–Crippen LogP) is 16.9. The fourth-order valence-corrected chi connectivity index (χ4v) is 8.91. The molecule has 1 aliphatic heterocycles. The fourth-order valence-electron chi connectivity index (χ4n) is 8.91. The van der Waals surface area contributed by atoms with Crippen molar-refractivity contribution in [1.29, 1.82) is 0 Å². The van der Waals surface area contributed by atoms with Crippen molar-refractivity contribution in [3.05, 3.63) is 205 Å². The Labute approximate surface area is 362 Å². The van der Waals surface area contributed by atoms with E-state index in [4.69, 9.17) is 0 Å². The van der Waals surface area contributed by atoms with Crippen LogP contribution < -0.4 is 4.90 Å². The molecule has 2 aliphatic rings. The van der Waals surface area contributed by atoms with Gasteiger partial charge >= 0.3 is 0 Å². The molecule has 3 heteroatoms. The summed E-state index contributed by atoms with van der Waals surface area (Å²) in [5.41, 5.74) is 17.6. The van der Waals surface area contributed by atoms with E-state index in [1.807, 2.05) is 13.8 Å². The normalized spacial score (nSPS) is 14.8. The zero-order valence-electron chi connectivity index (χ0n) is 36.5. The highest BCUT2D eigenvalue weighted by molar-refractivity contribution is 6.12. The van der Waals surface area contributed by atoms with Crippen LogP contribution in [0.1, 0.15) is 72.3 Å². The first-order valence-corrected chi connectivity index (χ1v) is 21.8. The van der Waals surface area contributed by atoms with Crippen LogP contribution in [0.5, 0.6) is 0 Å². The number of nitrogens with zero attached hydrogens (tertiary/aromatic N) is 2. The van der Waals surface area contributed by atoms with Gasteiger partial charge in [-0.1, -0.05) is 109 Å². The molecule has 2 aromatic heterocycles. The van der Waals surface area contributed by atoms with E-state index in [9.17, 15) is 0 Å². The molecule has 10 rings (SSSR count). The molecule has 61 heavy (non-hydrogen) atoms. The lowest BCUT2D eigenvalue weighted by Crippen LogP contribution is -2.19. The Kier molecular flexibility index (Phi) is 12.2. The van der Waals surface area contributed by atoms with Crippen molar-refractivity contribution in [2.24, 2.45) is 0 Å². The minimum absolute atomic E-state index is 0.416. The molecule has 0 bridgehead atoms. The summed E-state index contributed by atoms with van der Waals surface area (Å²) in [6, 6.07) is 47.3. The second kappa shape index (κ2) is 18.2. The van der Waals surface area contributed by atoms with Gasteiger partial charge in [0.25, 0.3) is 0 Å². The number of para-hydroxylation sites is 2. The molecule has 1 atom stereocenters. The Hall–Kier alpha value is -6.84. The van der Waals surface area contributed by atoms with Crippen molar-refractivity contribution in [1.82, 2.24) is 9.55 Å². The molecule has 1 N–H and O–H groups in total. The van der Waals surface area contributed by atoms with Crippen LogP contribution in [0, 0.1) is 0 Å². The zero-order chi connectivity index (χ0) is 42.5. The number of nitrogens with one attached hydrogen (secondary N) is 1. The first-order chi connectivity index (χ1) is 29.9. The second-order valence-electron chi connectivity index (χ2n) is 16.2. The average Bonchev–Trinajstić information content (AvgIpc) is 3.95. The van der Waals surface area contributed by atoms with Gasteiger partial charge < -0.3 is 14.5 Å². The number of fused-ring (bicyclic) bond motifs is 9. The largest absolute Gasteiger partial charge is 0.354 e. The highest BCUT2D eigenvalue weighted by Gasteiger charge is 2.36. The van der Waals surface area contributed by atoms with E-state index in [1.54, 1.807) is 6.08 Å². The Balaban J connectivity index is 0.000000594. The number of hydrogen-bond acceptors (Lipinski definition) is 1. The van der Waals surface area contributed by atoms with Gasteiger partial charge in [-0.15, -0.1) is 6.58 Å². The maximum absolute atomic E-state index is 3.65. The quantitative estimate of drug-likeness (QED) is 0.132. The third-order valence-corrected chi connectivity index (χ3v) is 11.9. The maximum Gasteiger partial charge on any atom is 0.0541 e. The van der Waals surface area contributed by atoms with Gasteiger partial charge in [0.15, 0.2) is 0 Å². The minimum Gasteiger partial charge on any atom is -0.354 e. The highest BCUT2D eigenvalue weighted by Crippen LogP contribution is 2.51. The first-order valence-electron chi connectivity index (χ1n) is 21.8. The molecule has 0 amide bonds. The lowest BCUT2D eigenvalue weighted by atomic mass is 9.87. The molecule has 6 aromatic carbocycles. The van der Waals surface area contributed by atoms with Crippen LogP contribution in [0.2, 0.25) is 0 Å². The number of hydrogen-bond donors (Lipinski definition) is 1. The molecular formula is C58H57N3. The first kappa shape index (κ1) is 40.9. The average molecular weight is 796 g/mol. The number of H-pyrrole nitrogens is 1. The number of benzene rings is 6. The van der Waals surface area contributed by atoms with Crippen LogP contribution in [-0.4, -0.2) is 9.55 Å². The zero-order valence-corrected chi connectivity index (χ0v) is 36.5. The predicted molar refractivity (Wildman–Crippen MR) is 267 cm³/mol. The van der Waals surface area contributed by atoms with Crippen molar-refractivity contribution in [3.63, 3.8) is 0 Å². The second-order valence-corrected chi connectivity index (χ2v) is 16.2. The van der Waals surface area contributed by atoms with Crippen LogP contribution in [-0.2, 0) is 0 Å². The van der Waals surface area contributed by atoms with Crippen LogP contribution in [0.15, 0.2) is 200 Å². The number of rotatable bonds is 6. The van der Waals surface area contributed by atoms with Gasteiger partial charge in [-0.3, -0.25) is 0 Å². The standard InChI is InChI=1S/C50H41N3.C5H10.C3H6/c1-3-5-14-37(13-4-2)52-47-20-12-10-18-41(47)42-29-33(22-26-48(42)52)34-23-27-49-43(30-34)44-31-35(24-28-50(44)53(49)38-15-7-6-8-16-38)36-21-25-40-39-17-9-11-19-45(39)51-46(40)32-36;1-4-5(2)3;1-3-2/h3-9,11,13-17,19-32,41,51H,10,12,18H2,1-2H3;4H,1-3H3;3H,1H2,2H3/b5-3-,13-4-,37-14+;;. The molecule has 0 saturated heterocycles. The van der Waals surface area contributed by atoms with Gasteiger partial charge in [0.2, 0.25) is 0 Å². The number of aromatic nitrogens is 2. The van der Waals surface area contributed by atoms with E-state index in [-0.39, 0.29) is 0 Å². The lowest BCUT2D eigenvalue weighted by molar-refractivity contribution is 0.632. The van der Waals surface area contributed by atoms with Crippen molar-refractivity contribution in [2.45, 2.75) is 66.7 Å². The SMILES string of the molecule is C=CC.CC=C(C)C.C\C=C/C=C(\C=C/C)N1C2=CCCCC2c2cc(-c3ccc4c(c3)c3cc(-c5ccc6c(c5)[nH]c5ccccc56)ccc3n4-c3ccccc3)ccc21. The molecule has 304 valence electrons. The molecular weight excluding hydrogens is 739 g/mol. The van der Waals surface area contributed by atoms with Gasteiger partial charge in [0.1, 0.15) is 0 Å². The Morgan fingerprint density at radius 3 is 1.93 bits per heavy atom. The van der Waals surface area contributed by atoms with E-state index in [2.05, 4.69) is 219 Å². The molecule has 8 aromatic rings. The topological polar surface area (TPSA) is 24.0 Å². The maximum atomic E-state index is 3.65. The van der Waals surface area contributed by atoms with Crippen molar-refractivity contribution in [2.75, 3.05) is 4.90 Å². The van der Waals surface area contributed by atoms with Gasteiger partial charge in [-0.25, -0.2) is 0 Å². The van der Waals surface area contributed by atoms with Crippen LogP contribution in [0.3, 0.4) is 0 Å². The van der Waals surface area contributed by atoms with Crippen LogP contribution in [0.4, 0.5) is 5.69 Å². The van der Waals surface area contributed by atoms with E-state index in [0.29, 0.717) is 5.92 Å². The van der Waals surface area contributed by atoms with E-state index < -0.39 is 0 Å². The smallest absolute Gasteiger partial charge is 0.0541 e. The summed E-state index contributed by atoms with van der Waals surface area (Å²) >= 11 is 0. The van der Waals surface area contributed by atoms with Crippen LogP contribution >= 0.6 is 0 Å². The summed E-state index contributed by atoms with van der Waals surface area (Å²) < 4.78 is 2.42. The summed E-state index contributed by atoms with van der Waals surface area (Å²) in [6.07, 6.45) is 20.7. The number of anilines is 1. The van der Waals surface area contributed by atoms with Gasteiger partial charge in [-0.05, 0) is 161 Å².